The molecule has 0 bridgehead atoms. The van der Waals surface area contributed by atoms with E-state index in [0.29, 0.717) is 19.4 Å². The number of likely N-dealkylation sites (tertiary alicyclic amines) is 1. The second-order valence-electron chi connectivity index (χ2n) is 4.72. The second-order valence-corrected chi connectivity index (χ2v) is 4.72. The summed E-state index contributed by atoms with van der Waals surface area (Å²) in [6, 6.07) is -0.350. The highest BCUT2D eigenvalue weighted by molar-refractivity contribution is 5.82. The number of amides is 2. The number of ether oxygens (including phenoxy) is 1. The lowest BCUT2D eigenvalue weighted by molar-refractivity contribution is -0.128. The Hall–Kier alpha value is -1.10. The van der Waals surface area contributed by atoms with Crippen molar-refractivity contribution in [3.8, 4) is 0 Å². The number of methoxy groups -OCH3 is 1. The summed E-state index contributed by atoms with van der Waals surface area (Å²) in [4.78, 5) is 22.3. The maximum atomic E-state index is 10.6. The summed E-state index contributed by atoms with van der Waals surface area (Å²) in [6.07, 6.45) is 2.28. The molecular weight excluding hydrogens is 232 g/mol. The smallest absolute Gasteiger partial charge is 0.240 e. The van der Waals surface area contributed by atoms with Crippen molar-refractivity contribution in [1.29, 1.82) is 0 Å². The molecule has 2 N–H and O–H groups in total. The average Bonchev–Trinajstić information content (AvgIpc) is 2.80. The minimum atomic E-state index is -0.399. The fourth-order valence-corrected chi connectivity index (χ4v) is 1.22. The largest absolute Gasteiger partial charge is 0.379 e. The fourth-order valence-electron chi connectivity index (χ4n) is 1.22. The first-order valence-corrected chi connectivity index (χ1v) is 6.37. The van der Waals surface area contributed by atoms with Crippen LogP contribution < -0.4 is 5.73 Å². The van der Waals surface area contributed by atoms with Gasteiger partial charge in [-0.25, -0.2) is 0 Å². The van der Waals surface area contributed by atoms with E-state index in [1.165, 1.54) is 4.90 Å². The van der Waals surface area contributed by atoms with Gasteiger partial charge in [-0.2, -0.15) is 0 Å². The third-order valence-corrected chi connectivity index (χ3v) is 2.37. The summed E-state index contributed by atoms with van der Waals surface area (Å²) in [5, 5.41) is 0. The Labute approximate surface area is 111 Å². The van der Waals surface area contributed by atoms with E-state index in [4.69, 9.17) is 10.5 Å². The van der Waals surface area contributed by atoms with E-state index in [2.05, 4.69) is 0 Å². The molecule has 1 aliphatic rings. The van der Waals surface area contributed by atoms with Gasteiger partial charge in [-0.3, -0.25) is 9.59 Å². The molecule has 18 heavy (non-hydrogen) atoms. The lowest BCUT2D eigenvalue weighted by Gasteiger charge is -2.15. The Kier molecular flexibility index (Phi) is 10.6. The van der Waals surface area contributed by atoms with Crippen LogP contribution in [0.1, 0.15) is 47.5 Å². The highest BCUT2D eigenvalue weighted by atomic mass is 16.5. The van der Waals surface area contributed by atoms with Gasteiger partial charge in [-0.05, 0) is 33.6 Å². The van der Waals surface area contributed by atoms with Crippen LogP contribution in [-0.4, -0.2) is 42.5 Å². The molecule has 5 heteroatoms. The number of primary amides is 1. The van der Waals surface area contributed by atoms with Crippen molar-refractivity contribution in [2.24, 2.45) is 5.73 Å². The molecule has 0 aromatic carbocycles. The molecule has 108 valence electrons. The molecule has 0 aromatic heterocycles. The average molecular weight is 260 g/mol. The number of nitrogens with zero attached hydrogens (tertiary/aromatic N) is 1. The van der Waals surface area contributed by atoms with Crippen LogP contribution in [0.4, 0.5) is 0 Å². The van der Waals surface area contributed by atoms with E-state index >= 15 is 0 Å². The van der Waals surface area contributed by atoms with Gasteiger partial charge in [0.25, 0.3) is 0 Å². The van der Waals surface area contributed by atoms with Crippen molar-refractivity contribution >= 4 is 12.3 Å². The first-order chi connectivity index (χ1) is 8.31. The lowest BCUT2D eigenvalue weighted by Crippen LogP contribution is -2.39. The van der Waals surface area contributed by atoms with Gasteiger partial charge < -0.3 is 15.4 Å². The van der Waals surface area contributed by atoms with Crippen LogP contribution in [-0.2, 0) is 14.3 Å². The molecule has 1 saturated heterocycles. The zero-order valence-electron chi connectivity index (χ0n) is 12.5. The summed E-state index contributed by atoms with van der Waals surface area (Å²) in [7, 11) is 1.71. The van der Waals surface area contributed by atoms with Gasteiger partial charge in [0, 0.05) is 13.7 Å². The fraction of sp³-hybridized carbons (Fsp3) is 0.846. The number of rotatable bonds is 2. The summed E-state index contributed by atoms with van der Waals surface area (Å²) in [5.74, 6) is -0.399. The number of carbonyl (C=O) groups excluding carboxylic acids is 2. The normalized spacial score (nSPS) is 18.1. The Morgan fingerprint density at radius 3 is 2.06 bits per heavy atom. The SMILES string of the molecule is CC.COC(C)(C)C.NC(=O)C1CCCN1C=O. The minimum absolute atomic E-state index is 0.0417. The number of hydrogen-bond donors (Lipinski definition) is 1. The topological polar surface area (TPSA) is 72.6 Å². The van der Waals surface area contributed by atoms with Crippen LogP contribution >= 0.6 is 0 Å². The molecule has 1 heterocycles. The van der Waals surface area contributed by atoms with Gasteiger partial charge >= 0.3 is 0 Å². The second kappa shape index (κ2) is 9.88. The molecule has 1 unspecified atom stereocenters. The van der Waals surface area contributed by atoms with Gasteiger partial charge in [0.15, 0.2) is 0 Å². The molecule has 2 amide bonds. The lowest BCUT2D eigenvalue weighted by atomic mass is 10.2. The summed E-state index contributed by atoms with van der Waals surface area (Å²) in [6.45, 7) is 10.7. The van der Waals surface area contributed by atoms with E-state index in [9.17, 15) is 9.59 Å². The number of carbonyl (C=O) groups is 2. The maximum absolute atomic E-state index is 10.6. The molecule has 0 saturated carbocycles. The van der Waals surface area contributed by atoms with Crippen molar-refractivity contribution < 1.29 is 14.3 Å². The van der Waals surface area contributed by atoms with E-state index < -0.39 is 5.91 Å². The Morgan fingerprint density at radius 2 is 1.83 bits per heavy atom. The van der Waals surface area contributed by atoms with Crippen molar-refractivity contribution in [3.63, 3.8) is 0 Å². The first kappa shape index (κ1) is 19.2. The van der Waals surface area contributed by atoms with Crippen LogP contribution in [0, 0.1) is 0 Å². The van der Waals surface area contributed by atoms with Crippen molar-refractivity contribution in [1.82, 2.24) is 4.90 Å². The van der Waals surface area contributed by atoms with Crippen molar-refractivity contribution in [2.45, 2.75) is 59.1 Å². The molecular formula is C13H28N2O3. The Bertz CT molecular complexity index is 237. The number of nitrogens with two attached hydrogens (primary N) is 1. The van der Waals surface area contributed by atoms with Crippen LogP contribution in [0.25, 0.3) is 0 Å². The quantitative estimate of drug-likeness (QED) is 0.766. The predicted molar refractivity (Wildman–Crippen MR) is 73.1 cm³/mol. The third kappa shape index (κ3) is 8.98. The zero-order valence-corrected chi connectivity index (χ0v) is 12.5. The summed E-state index contributed by atoms with van der Waals surface area (Å²) < 4.78 is 4.94. The van der Waals surface area contributed by atoms with Gasteiger partial charge in [-0.1, -0.05) is 13.8 Å². The maximum Gasteiger partial charge on any atom is 0.240 e. The Morgan fingerprint density at radius 1 is 1.39 bits per heavy atom. The summed E-state index contributed by atoms with van der Waals surface area (Å²) >= 11 is 0. The predicted octanol–water partition coefficient (Wildman–Crippen LogP) is 1.55. The Balaban J connectivity index is 0. The third-order valence-electron chi connectivity index (χ3n) is 2.37. The van der Waals surface area contributed by atoms with Crippen LogP contribution in [0.2, 0.25) is 0 Å². The standard InChI is InChI=1S/C6H10N2O2.C5H12O.C2H6/c7-6(10)5-2-1-3-8(5)4-9;1-5(2,3)6-4;1-2/h4-5H,1-3H2,(H2,7,10);1-4H3;1-2H3. The monoisotopic (exact) mass is 260 g/mol. The van der Waals surface area contributed by atoms with E-state index in [1.807, 2.05) is 34.6 Å². The molecule has 1 rings (SSSR count). The molecule has 1 fully saturated rings. The molecule has 1 aliphatic heterocycles. The molecule has 5 nitrogen and oxygen atoms in total. The van der Waals surface area contributed by atoms with Crippen molar-refractivity contribution in [2.75, 3.05) is 13.7 Å². The van der Waals surface area contributed by atoms with Crippen molar-refractivity contribution in [3.05, 3.63) is 0 Å². The van der Waals surface area contributed by atoms with Crippen LogP contribution in [0.15, 0.2) is 0 Å². The minimum Gasteiger partial charge on any atom is -0.379 e. The van der Waals surface area contributed by atoms with E-state index in [0.717, 1.165) is 6.42 Å². The van der Waals surface area contributed by atoms with E-state index in [-0.39, 0.29) is 11.6 Å². The number of hydrogen-bond acceptors (Lipinski definition) is 3. The molecule has 0 radical (unpaired) electrons. The zero-order chi connectivity index (χ0) is 14.8. The van der Waals surface area contributed by atoms with Gasteiger partial charge in [0.05, 0.1) is 5.60 Å². The summed E-state index contributed by atoms with van der Waals surface area (Å²) in [5.41, 5.74) is 5.07. The van der Waals surface area contributed by atoms with E-state index in [1.54, 1.807) is 7.11 Å². The molecule has 0 spiro atoms. The molecule has 1 atom stereocenters. The van der Waals surface area contributed by atoms with Crippen LogP contribution in [0.5, 0.6) is 0 Å². The highest BCUT2D eigenvalue weighted by Crippen LogP contribution is 2.13. The van der Waals surface area contributed by atoms with Gasteiger partial charge in [-0.15, -0.1) is 0 Å². The van der Waals surface area contributed by atoms with Gasteiger partial charge in [0.1, 0.15) is 6.04 Å². The molecule has 0 aromatic rings. The van der Waals surface area contributed by atoms with Gasteiger partial charge in [0.2, 0.25) is 12.3 Å². The highest BCUT2D eigenvalue weighted by Gasteiger charge is 2.27. The molecule has 0 aliphatic carbocycles. The first-order valence-electron chi connectivity index (χ1n) is 6.37. The van der Waals surface area contributed by atoms with Crippen LogP contribution in [0.3, 0.4) is 0 Å².